The standard InChI is InChI=1S/C11H16ClNOS/c1-14-6-2-3-7-15-11-5-4-9(13)8-10(11)12/h4-5,8H,2-3,6-7,13H2,1H3. The Kier molecular flexibility index (Phi) is 5.91. The van der Waals surface area contributed by atoms with Gasteiger partial charge in [0.05, 0.1) is 5.02 Å². The van der Waals surface area contributed by atoms with Crippen molar-refractivity contribution in [2.24, 2.45) is 0 Å². The number of hydrogen-bond acceptors (Lipinski definition) is 3. The van der Waals surface area contributed by atoms with Crippen molar-refractivity contribution < 1.29 is 4.74 Å². The van der Waals surface area contributed by atoms with Gasteiger partial charge in [0, 0.05) is 24.3 Å². The van der Waals surface area contributed by atoms with E-state index in [1.54, 1.807) is 24.9 Å². The number of halogens is 1. The quantitative estimate of drug-likeness (QED) is 0.474. The average molecular weight is 246 g/mol. The van der Waals surface area contributed by atoms with E-state index in [0.717, 1.165) is 35.1 Å². The molecular weight excluding hydrogens is 230 g/mol. The van der Waals surface area contributed by atoms with Crippen LogP contribution < -0.4 is 5.73 Å². The second-order valence-electron chi connectivity index (χ2n) is 3.24. The minimum atomic E-state index is 0.712. The first kappa shape index (κ1) is 12.7. The van der Waals surface area contributed by atoms with Crippen LogP contribution in [0.15, 0.2) is 23.1 Å². The van der Waals surface area contributed by atoms with Crippen LogP contribution in [-0.2, 0) is 4.74 Å². The minimum Gasteiger partial charge on any atom is -0.399 e. The molecule has 1 aromatic rings. The Morgan fingerprint density at radius 2 is 2.20 bits per heavy atom. The zero-order valence-electron chi connectivity index (χ0n) is 8.83. The molecule has 0 aliphatic heterocycles. The Balaban J connectivity index is 2.31. The molecule has 84 valence electrons. The van der Waals surface area contributed by atoms with E-state index < -0.39 is 0 Å². The molecule has 2 nitrogen and oxygen atoms in total. The summed E-state index contributed by atoms with van der Waals surface area (Å²) in [5.41, 5.74) is 6.32. The van der Waals surface area contributed by atoms with Gasteiger partial charge in [-0.15, -0.1) is 11.8 Å². The number of unbranched alkanes of at least 4 members (excludes halogenated alkanes) is 1. The monoisotopic (exact) mass is 245 g/mol. The number of methoxy groups -OCH3 is 1. The number of ether oxygens (including phenoxy) is 1. The maximum atomic E-state index is 6.04. The van der Waals surface area contributed by atoms with Crippen LogP contribution >= 0.6 is 23.4 Å². The zero-order valence-corrected chi connectivity index (χ0v) is 10.4. The summed E-state index contributed by atoms with van der Waals surface area (Å²) in [6, 6.07) is 5.64. The van der Waals surface area contributed by atoms with Gasteiger partial charge in [0.15, 0.2) is 0 Å². The fraction of sp³-hybridized carbons (Fsp3) is 0.455. The highest BCUT2D eigenvalue weighted by atomic mass is 35.5. The van der Waals surface area contributed by atoms with E-state index in [4.69, 9.17) is 22.1 Å². The molecule has 2 N–H and O–H groups in total. The van der Waals surface area contributed by atoms with Crippen molar-refractivity contribution in [3.05, 3.63) is 23.2 Å². The van der Waals surface area contributed by atoms with Crippen molar-refractivity contribution in [3.63, 3.8) is 0 Å². The lowest BCUT2D eigenvalue weighted by Gasteiger charge is -2.04. The molecule has 0 saturated carbocycles. The van der Waals surface area contributed by atoms with Gasteiger partial charge < -0.3 is 10.5 Å². The Morgan fingerprint density at radius 3 is 2.87 bits per heavy atom. The van der Waals surface area contributed by atoms with Crippen molar-refractivity contribution in [2.75, 3.05) is 25.2 Å². The Labute approximate surface area is 100 Å². The van der Waals surface area contributed by atoms with Crippen LogP contribution in [0.5, 0.6) is 0 Å². The molecule has 0 aromatic heterocycles. The van der Waals surface area contributed by atoms with Gasteiger partial charge in [-0.3, -0.25) is 0 Å². The maximum absolute atomic E-state index is 6.04. The summed E-state index contributed by atoms with van der Waals surface area (Å²) < 4.78 is 4.98. The summed E-state index contributed by atoms with van der Waals surface area (Å²) in [7, 11) is 1.73. The van der Waals surface area contributed by atoms with Gasteiger partial charge in [-0.1, -0.05) is 11.6 Å². The third-order valence-electron chi connectivity index (χ3n) is 1.96. The zero-order chi connectivity index (χ0) is 11.1. The molecule has 1 rings (SSSR count). The highest BCUT2D eigenvalue weighted by Crippen LogP contribution is 2.29. The van der Waals surface area contributed by atoms with Gasteiger partial charge >= 0.3 is 0 Å². The van der Waals surface area contributed by atoms with Gasteiger partial charge in [-0.2, -0.15) is 0 Å². The summed E-state index contributed by atoms with van der Waals surface area (Å²) in [6.07, 6.45) is 2.23. The summed E-state index contributed by atoms with van der Waals surface area (Å²) in [4.78, 5) is 1.10. The summed E-state index contributed by atoms with van der Waals surface area (Å²) in [5, 5.41) is 0.742. The predicted octanol–water partition coefficient (Wildman–Crippen LogP) is 3.44. The minimum absolute atomic E-state index is 0.712. The first-order valence-corrected chi connectivity index (χ1v) is 6.27. The Hall–Kier alpha value is -0.380. The third-order valence-corrected chi connectivity index (χ3v) is 3.54. The van der Waals surface area contributed by atoms with Crippen molar-refractivity contribution in [2.45, 2.75) is 17.7 Å². The predicted molar refractivity (Wildman–Crippen MR) is 67.7 cm³/mol. The molecule has 0 radical (unpaired) electrons. The number of benzene rings is 1. The maximum Gasteiger partial charge on any atom is 0.0562 e. The normalized spacial score (nSPS) is 10.5. The van der Waals surface area contributed by atoms with E-state index in [1.165, 1.54) is 0 Å². The number of thioether (sulfide) groups is 1. The van der Waals surface area contributed by atoms with Gasteiger partial charge in [-0.25, -0.2) is 0 Å². The number of nitrogens with two attached hydrogens (primary N) is 1. The molecule has 0 spiro atoms. The molecule has 0 fully saturated rings. The number of anilines is 1. The van der Waals surface area contributed by atoms with E-state index in [2.05, 4.69) is 0 Å². The van der Waals surface area contributed by atoms with Crippen molar-refractivity contribution >= 4 is 29.1 Å². The molecule has 0 amide bonds. The van der Waals surface area contributed by atoms with E-state index in [0.29, 0.717) is 5.69 Å². The SMILES string of the molecule is COCCCCSc1ccc(N)cc1Cl. The van der Waals surface area contributed by atoms with Crippen LogP contribution in [0, 0.1) is 0 Å². The number of rotatable bonds is 6. The first-order valence-electron chi connectivity index (χ1n) is 4.91. The van der Waals surface area contributed by atoms with E-state index in [1.807, 2.05) is 12.1 Å². The van der Waals surface area contributed by atoms with Gasteiger partial charge in [0.25, 0.3) is 0 Å². The number of nitrogen functional groups attached to an aromatic ring is 1. The molecule has 0 aliphatic carbocycles. The van der Waals surface area contributed by atoms with Crippen LogP contribution in [0.3, 0.4) is 0 Å². The van der Waals surface area contributed by atoms with Crippen LogP contribution in [0.4, 0.5) is 5.69 Å². The molecule has 0 heterocycles. The molecule has 0 unspecified atom stereocenters. The molecule has 0 atom stereocenters. The third kappa shape index (κ3) is 4.78. The van der Waals surface area contributed by atoms with Crippen LogP contribution in [0.25, 0.3) is 0 Å². The summed E-state index contributed by atoms with van der Waals surface area (Å²) in [6.45, 7) is 0.829. The summed E-state index contributed by atoms with van der Waals surface area (Å²) >= 11 is 7.81. The largest absolute Gasteiger partial charge is 0.399 e. The molecule has 0 saturated heterocycles. The van der Waals surface area contributed by atoms with E-state index in [-0.39, 0.29) is 0 Å². The molecule has 15 heavy (non-hydrogen) atoms. The highest BCUT2D eigenvalue weighted by molar-refractivity contribution is 7.99. The first-order chi connectivity index (χ1) is 7.24. The van der Waals surface area contributed by atoms with Crippen LogP contribution in [-0.4, -0.2) is 19.5 Å². The van der Waals surface area contributed by atoms with E-state index in [9.17, 15) is 0 Å². The second-order valence-corrected chi connectivity index (χ2v) is 4.78. The smallest absolute Gasteiger partial charge is 0.0562 e. The lowest BCUT2D eigenvalue weighted by atomic mass is 10.3. The fourth-order valence-corrected chi connectivity index (χ4v) is 2.45. The molecule has 0 aliphatic rings. The van der Waals surface area contributed by atoms with Gasteiger partial charge in [0.1, 0.15) is 0 Å². The van der Waals surface area contributed by atoms with Gasteiger partial charge in [-0.05, 0) is 36.8 Å². The number of hydrogen-bond donors (Lipinski definition) is 1. The lowest BCUT2D eigenvalue weighted by molar-refractivity contribution is 0.194. The fourth-order valence-electron chi connectivity index (χ4n) is 1.16. The Morgan fingerprint density at radius 1 is 1.40 bits per heavy atom. The topological polar surface area (TPSA) is 35.2 Å². The Bertz CT molecular complexity index is 307. The lowest BCUT2D eigenvalue weighted by Crippen LogP contribution is -1.90. The molecule has 1 aromatic carbocycles. The molecule has 4 heteroatoms. The van der Waals surface area contributed by atoms with E-state index >= 15 is 0 Å². The van der Waals surface area contributed by atoms with Crippen molar-refractivity contribution in [3.8, 4) is 0 Å². The van der Waals surface area contributed by atoms with Crippen molar-refractivity contribution in [1.82, 2.24) is 0 Å². The summed E-state index contributed by atoms with van der Waals surface area (Å²) in [5.74, 6) is 1.06. The van der Waals surface area contributed by atoms with Crippen molar-refractivity contribution in [1.29, 1.82) is 0 Å². The van der Waals surface area contributed by atoms with Crippen LogP contribution in [0.1, 0.15) is 12.8 Å². The molecule has 0 bridgehead atoms. The van der Waals surface area contributed by atoms with Crippen LogP contribution in [0.2, 0.25) is 5.02 Å². The average Bonchev–Trinajstić information content (AvgIpc) is 2.20. The highest BCUT2D eigenvalue weighted by Gasteiger charge is 2.00. The molecular formula is C11H16ClNOS. The second kappa shape index (κ2) is 6.99. The van der Waals surface area contributed by atoms with Gasteiger partial charge in [0.2, 0.25) is 0 Å².